The Morgan fingerprint density at radius 2 is 0.686 bits per heavy atom. The third-order valence-corrected chi connectivity index (χ3v) is 10.8. The number of benzene rings is 10. The molecule has 236 valence electrons. The Bertz CT molecular complexity index is 3200. The third-order valence-electron chi connectivity index (χ3n) is 10.8. The molecule has 0 N–H and O–H groups in total. The van der Waals surface area contributed by atoms with Crippen LogP contribution >= 0.6 is 0 Å². The number of hydrogen-bond donors (Lipinski definition) is 0. The van der Waals surface area contributed by atoms with Crippen molar-refractivity contribution in [1.29, 1.82) is 0 Å². The van der Waals surface area contributed by atoms with Gasteiger partial charge in [0.2, 0.25) is 0 Å². The van der Waals surface area contributed by atoms with Crippen LogP contribution in [-0.2, 0) is 0 Å². The van der Waals surface area contributed by atoms with Gasteiger partial charge in [-0.1, -0.05) is 133 Å². The molecule has 1 nitrogen and oxygen atoms in total. The molecular weight excluding hydrogens is 617 g/mol. The Labute approximate surface area is 294 Å². The molecule has 0 fully saturated rings. The van der Waals surface area contributed by atoms with Crippen molar-refractivity contribution in [3.8, 4) is 33.4 Å². The van der Waals surface area contributed by atoms with E-state index in [-0.39, 0.29) is 0 Å². The van der Waals surface area contributed by atoms with Crippen LogP contribution in [0, 0.1) is 0 Å². The Morgan fingerprint density at radius 3 is 1.39 bits per heavy atom. The fraction of sp³-hybridized carbons (Fsp3) is 0. The van der Waals surface area contributed by atoms with E-state index in [1.807, 2.05) is 0 Å². The molecule has 11 rings (SSSR count). The second-order valence-electron chi connectivity index (χ2n) is 13.7. The normalized spacial score (nSPS) is 11.9. The van der Waals surface area contributed by atoms with E-state index in [1.165, 1.54) is 87.2 Å². The Morgan fingerprint density at radius 1 is 0.235 bits per heavy atom. The van der Waals surface area contributed by atoms with Crippen LogP contribution in [0.4, 0.5) is 0 Å². The molecule has 0 saturated carbocycles. The summed E-state index contributed by atoms with van der Waals surface area (Å²) < 4.78 is 6.31. The standard InChI is InChI=1S/C50H30O/c1-2-9-33-25-35(14-13-31(33)7-1)38-20-23-49-47(28-38)48-29-39(21-24-50(48)51-49)36-15-16-37-27-40(18-17-34(37)26-36)45-30-46-41-10-4-3-8-32(41)19-22-44(46)42-11-5-6-12-43(42)45/h1-30H. The van der Waals surface area contributed by atoms with Crippen molar-refractivity contribution >= 4 is 75.8 Å². The van der Waals surface area contributed by atoms with Crippen molar-refractivity contribution in [2.45, 2.75) is 0 Å². The van der Waals surface area contributed by atoms with Crippen LogP contribution in [0.1, 0.15) is 0 Å². The van der Waals surface area contributed by atoms with Crippen molar-refractivity contribution in [1.82, 2.24) is 0 Å². The van der Waals surface area contributed by atoms with Crippen LogP contribution in [0.25, 0.3) is 109 Å². The molecule has 0 unspecified atom stereocenters. The second kappa shape index (κ2) is 10.9. The number of fused-ring (bicyclic) bond motifs is 10. The summed E-state index contributed by atoms with van der Waals surface area (Å²) in [5.74, 6) is 0. The molecule has 0 saturated heterocycles. The maximum atomic E-state index is 6.31. The van der Waals surface area contributed by atoms with Crippen molar-refractivity contribution < 1.29 is 4.42 Å². The average Bonchev–Trinajstić information content (AvgIpc) is 3.57. The van der Waals surface area contributed by atoms with Gasteiger partial charge in [0.25, 0.3) is 0 Å². The third kappa shape index (κ3) is 4.49. The fourth-order valence-electron chi connectivity index (χ4n) is 8.20. The Balaban J connectivity index is 1.00. The van der Waals surface area contributed by atoms with Crippen LogP contribution in [0.2, 0.25) is 0 Å². The molecule has 11 aromatic rings. The summed E-state index contributed by atoms with van der Waals surface area (Å²) in [7, 11) is 0. The zero-order chi connectivity index (χ0) is 33.5. The predicted molar refractivity (Wildman–Crippen MR) is 218 cm³/mol. The minimum absolute atomic E-state index is 0.908. The Hall–Kier alpha value is -6.70. The van der Waals surface area contributed by atoms with Gasteiger partial charge in [-0.25, -0.2) is 0 Å². The Kier molecular flexibility index (Phi) is 6.02. The van der Waals surface area contributed by atoms with E-state index < -0.39 is 0 Å². The molecule has 0 amide bonds. The van der Waals surface area contributed by atoms with E-state index in [0.29, 0.717) is 0 Å². The lowest BCUT2D eigenvalue weighted by Gasteiger charge is -2.14. The summed E-state index contributed by atoms with van der Waals surface area (Å²) in [6.07, 6.45) is 0. The fourth-order valence-corrected chi connectivity index (χ4v) is 8.20. The van der Waals surface area contributed by atoms with Crippen LogP contribution in [-0.4, -0.2) is 0 Å². The summed E-state index contributed by atoms with van der Waals surface area (Å²) in [4.78, 5) is 0. The van der Waals surface area contributed by atoms with Crippen LogP contribution in [0.3, 0.4) is 0 Å². The molecule has 1 heterocycles. The van der Waals surface area contributed by atoms with Gasteiger partial charge in [-0.15, -0.1) is 0 Å². The maximum Gasteiger partial charge on any atom is 0.135 e. The summed E-state index contributed by atoms with van der Waals surface area (Å²) in [5, 5.41) is 14.9. The predicted octanol–water partition coefficient (Wildman–Crippen LogP) is 14.4. The molecule has 0 aliphatic carbocycles. The van der Waals surface area contributed by atoms with Gasteiger partial charge in [0.05, 0.1) is 0 Å². The van der Waals surface area contributed by atoms with Gasteiger partial charge >= 0.3 is 0 Å². The number of furan rings is 1. The lowest BCUT2D eigenvalue weighted by Crippen LogP contribution is -1.87. The lowest BCUT2D eigenvalue weighted by atomic mass is 9.90. The van der Waals surface area contributed by atoms with Crippen molar-refractivity contribution in [3.63, 3.8) is 0 Å². The van der Waals surface area contributed by atoms with E-state index in [2.05, 4.69) is 182 Å². The largest absolute Gasteiger partial charge is 0.456 e. The highest BCUT2D eigenvalue weighted by Crippen LogP contribution is 2.40. The first-order valence-corrected chi connectivity index (χ1v) is 17.6. The zero-order valence-electron chi connectivity index (χ0n) is 27.7. The van der Waals surface area contributed by atoms with Crippen molar-refractivity contribution in [3.05, 3.63) is 182 Å². The average molecular weight is 647 g/mol. The van der Waals surface area contributed by atoms with E-state index >= 15 is 0 Å². The molecule has 10 aromatic carbocycles. The van der Waals surface area contributed by atoms with Crippen LogP contribution in [0.5, 0.6) is 0 Å². The molecule has 0 spiro atoms. The van der Waals surface area contributed by atoms with E-state index in [1.54, 1.807) is 0 Å². The van der Waals surface area contributed by atoms with Gasteiger partial charge in [-0.2, -0.15) is 0 Å². The van der Waals surface area contributed by atoms with Gasteiger partial charge in [-0.3, -0.25) is 0 Å². The summed E-state index contributed by atoms with van der Waals surface area (Å²) in [6.45, 7) is 0. The minimum atomic E-state index is 0.908. The van der Waals surface area contributed by atoms with Gasteiger partial charge < -0.3 is 4.42 Å². The summed E-state index contributed by atoms with van der Waals surface area (Å²) in [5.41, 5.74) is 9.09. The number of rotatable bonds is 3. The molecule has 0 aliphatic heterocycles. The summed E-state index contributed by atoms with van der Waals surface area (Å²) >= 11 is 0. The molecule has 0 atom stereocenters. The molecule has 1 heteroatoms. The quantitative estimate of drug-likeness (QED) is 0.174. The van der Waals surface area contributed by atoms with Crippen molar-refractivity contribution in [2.24, 2.45) is 0 Å². The smallest absolute Gasteiger partial charge is 0.135 e. The zero-order valence-corrected chi connectivity index (χ0v) is 27.7. The van der Waals surface area contributed by atoms with E-state index in [4.69, 9.17) is 4.42 Å². The first-order chi connectivity index (χ1) is 25.2. The molecule has 51 heavy (non-hydrogen) atoms. The molecular formula is C50H30O. The first kappa shape index (κ1) is 28.2. The van der Waals surface area contributed by atoms with Crippen molar-refractivity contribution in [2.75, 3.05) is 0 Å². The highest BCUT2D eigenvalue weighted by Gasteiger charge is 2.14. The molecule has 1 aromatic heterocycles. The van der Waals surface area contributed by atoms with E-state index in [0.717, 1.165) is 21.9 Å². The summed E-state index contributed by atoms with van der Waals surface area (Å²) in [6, 6.07) is 66.5. The van der Waals surface area contributed by atoms with Crippen LogP contribution < -0.4 is 0 Å². The SMILES string of the molecule is c1ccc2cc(-c3ccc4oc5ccc(-c6ccc7cc(-c8cc9c%10ccccc%10ccc9c9ccccc89)ccc7c6)cc5c4c3)ccc2c1. The minimum Gasteiger partial charge on any atom is -0.456 e. The van der Waals surface area contributed by atoms with Crippen LogP contribution in [0.15, 0.2) is 186 Å². The highest BCUT2D eigenvalue weighted by molar-refractivity contribution is 6.21. The first-order valence-electron chi connectivity index (χ1n) is 17.6. The highest BCUT2D eigenvalue weighted by atomic mass is 16.3. The lowest BCUT2D eigenvalue weighted by molar-refractivity contribution is 0.669. The topological polar surface area (TPSA) is 13.1 Å². The molecule has 0 aliphatic rings. The van der Waals surface area contributed by atoms with Gasteiger partial charge in [0, 0.05) is 10.8 Å². The van der Waals surface area contributed by atoms with Gasteiger partial charge in [0.1, 0.15) is 11.2 Å². The van der Waals surface area contributed by atoms with Gasteiger partial charge in [-0.05, 0) is 136 Å². The maximum absolute atomic E-state index is 6.31. The molecule has 0 radical (unpaired) electrons. The second-order valence-corrected chi connectivity index (χ2v) is 13.7. The van der Waals surface area contributed by atoms with E-state index in [9.17, 15) is 0 Å². The molecule has 0 bridgehead atoms. The number of hydrogen-bond acceptors (Lipinski definition) is 1. The monoisotopic (exact) mass is 646 g/mol. The van der Waals surface area contributed by atoms with Gasteiger partial charge in [0.15, 0.2) is 0 Å².